The molecule has 3 atom stereocenters. The van der Waals surface area contributed by atoms with E-state index < -0.39 is 12.1 Å². The number of hydrogen-bond donors (Lipinski definition) is 1. The molecule has 2 saturated heterocycles. The quantitative estimate of drug-likeness (QED) is 0.878. The van der Waals surface area contributed by atoms with Crippen LogP contribution in [0.1, 0.15) is 36.9 Å². The topological polar surface area (TPSA) is 49.4 Å². The fourth-order valence-corrected chi connectivity index (χ4v) is 5.34. The number of rotatable bonds is 4. The molecule has 2 aromatic carbocycles. The summed E-state index contributed by atoms with van der Waals surface area (Å²) in [4.78, 5) is 26.9. The first kappa shape index (κ1) is 18.0. The number of amides is 2. The highest BCUT2D eigenvalue weighted by Gasteiger charge is 2.53. The molecule has 0 aromatic heterocycles. The maximum atomic E-state index is 13.4. The smallest absolute Gasteiger partial charge is 0.244 e. The molecule has 0 saturated carbocycles. The van der Waals surface area contributed by atoms with E-state index in [9.17, 15) is 14.0 Å². The molecule has 1 N–H and O–H groups in total. The molecule has 2 amide bonds. The van der Waals surface area contributed by atoms with Gasteiger partial charge < -0.3 is 10.2 Å². The summed E-state index contributed by atoms with van der Waals surface area (Å²) in [7, 11) is 0. The van der Waals surface area contributed by atoms with E-state index in [0.717, 1.165) is 17.5 Å². The molecule has 2 fully saturated rings. The highest BCUT2D eigenvalue weighted by atomic mass is 32.2. The van der Waals surface area contributed by atoms with Gasteiger partial charge in [0.1, 0.15) is 11.9 Å². The van der Waals surface area contributed by atoms with Crippen molar-refractivity contribution < 1.29 is 14.0 Å². The zero-order valence-corrected chi connectivity index (χ0v) is 15.8. The van der Waals surface area contributed by atoms with E-state index in [0.29, 0.717) is 12.2 Å². The number of hydrogen-bond acceptors (Lipinski definition) is 3. The van der Waals surface area contributed by atoms with Gasteiger partial charge in [0.15, 0.2) is 0 Å². The summed E-state index contributed by atoms with van der Waals surface area (Å²) in [6, 6.07) is 14.9. The lowest BCUT2D eigenvalue weighted by atomic mass is 9.98. The summed E-state index contributed by atoms with van der Waals surface area (Å²) >= 11 is 1.67. The van der Waals surface area contributed by atoms with E-state index in [1.54, 1.807) is 28.8 Å². The minimum absolute atomic E-state index is 0.0423. The third-order valence-corrected chi connectivity index (χ3v) is 6.88. The average molecular weight is 384 g/mol. The average Bonchev–Trinajstić information content (AvgIpc) is 3.17. The third kappa shape index (κ3) is 3.34. The zero-order chi connectivity index (χ0) is 19.0. The lowest BCUT2D eigenvalue weighted by Gasteiger charge is -2.31. The summed E-state index contributed by atoms with van der Waals surface area (Å²) in [5, 5.41) is 3.09. The van der Waals surface area contributed by atoms with Crippen LogP contribution in [0.25, 0.3) is 0 Å². The second-order valence-corrected chi connectivity index (χ2v) is 8.67. The highest BCUT2D eigenvalue weighted by Crippen LogP contribution is 2.47. The SMILES string of the molecule is CC12CCC(=O)N1C(C(=O)NC(c1ccccc1)c1ccc(F)cc1)CS2. The Bertz CT molecular complexity index is 858. The van der Waals surface area contributed by atoms with Crippen LogP contribution in [0.2, 0.25) is 0 Å². The lowest BCUT2D eigenvalue weighted by molar-refractivity contribution is -0.138. The maximum Gasteiger partial charge on any atom is 0.244 e. The largest absolute Gasteiger partial charge is 0.343 e. The van der Waals surface area contributed by atoms with Crippen molar-refractivity contribution in [1.82, 2.24) is 10.2 Å². The number of halogens is 1. The summed E-state index contributed by atoms with van der Waals surface area (Å²) in [6.07, 6.45) is 1.27. The minimum Gasteiger partial charge on any atom is -0.343 e. The van der Waals surface area contributed by atoms with Crippen LogP contribution in [0.5, 0.6) is 0 Å². The van der Waals surface area contributed by atoms with E-state index in [-0.39, 0.29) is 22.5 Å². The van der Waals surface area contributed by atoms with Crippen molar-refractivity contribution in [2.45, 2.75) is 36.7 Å². The van der Waals surface area contributed by atoms with Gasteiger partial charge in [0, 0.05) is 12.2 Å². The molecule has 2 heterocycles. The fraction of sp³-hybridized carbons (Fsp3) is 0.333. The van der Waals surface area contributed by atoms with Gasteiger partial charge in [-0.25, -0.2) is 4.39 Å². The van der Waals surface area contributed by atoms with E-state index >= 15 is 0 Å². The first-order valence-electron chi connectivity index (χ1n) is 9.05. The number of carbonyl (C=O) groups is 2. The molecule has 2 aliphatic rings. The Labute approximate surface area is 162 Å². The first-order chi connectivity index (χ1) is 13.0. The number of fused-ring (bicyclic) bond motifs is 1. The molecule has 27 heavy (non-hydrogen) atoms. The van der Waals surface area contributed by atoms with Crippen molar-refractivity contribution in [2.75, 3.05) is 5.75 Å². The Morgan fingerprint density at radius 2 is 1.85 bits per heavy atom. The molecular weight excluding hydrogens is 363 g/mol. The molecule has 4 nitrogen and oxygen atoms in total. The highest BCUT2D eigenvalue weighted by molar-refractivity contribution is 8.01. The first-order valence-corrected chi connectivity index (χ1v) is 10.0. The Morgan fingerprint density at radius 3 is 2.56 bits per heavy atom. The predicted octanol–water partition coefficient (Wildman–Crippen LogP) is 3.49. The number of nitrogens with one attached hydrogen (secondary N) is 1. The molecule has 6 heteroatoms. The lowest BCUT2D eigenvalue weighted by Crippen LogP contribution is -2.50. The maximum absolute atomic E-state index is 13.4. The Morgan fingerprint density at radius 1 is 1.19 bits per heavy atom. The molecule has 2 aromatic rings. The van der Waals surface area contributed by atoms with Gasteiger partial charge in [-0.1, -0.05) is 42.5 Å². The predicted molar refractivity (Wildman–Crippen MR) is 104 cm³/mol. The van der Waals surface area contributed by atoms with Crippen molar-refractivity contribution in [1.29, 1.82) is 0 Å². The number of nitrogens with zero attached hydrogens (tertiary/aromatic N) is 1. The van der Waals surface area contributed by atoms with Gasteiger partial charge in [0.2, 0.25) is 11.8 Å². The summed E-state index contributed by atoms with van der Waals surface area (Å²) in [5.41, 5.74) is 1.72. The van der Waals surface area contributed by atoms with Crippen LogP contribution < -0.4 is 5.32 Å². The summed E-state index contributed by atoms with van der Waals surface area (Å²) in [6.45, 7) is 2.03. The van der Waals surface area contributed by atoms with E-state index in [1.165, 1.54) is 12.1 Å². The van der Waals surface area contributed by atoms with Crippen molar-refractivity contribution in [3.63, 3.8) is 0 Å². The molecule has 0 bridgehead atoms. The van der Waals surface area contributed by atoms with Crippen LogP contribution in [0.4, 0.5) is 4.39 Å². The van der Waals surface area contributed by atoms with Crippen LogP contribution in [-0.2, 0) is 9.59 Å². The van der Waals surface area contributed by atoms with Crippen LogP contribution in [0.15, 0.2) is 54.6 Å². The van der Waals surface area contributed by atoms with Gasteiger partial charge in [-0.05, 0) is 36.6 Å². The van der Waals surface area contributed by atoms with E-state index in [2.05, 4.69) is 5.32 Å². The Kier molecular flexibility index (Phi) is 4.68. The fourth-order valence-electron chi connectivity index (χ4n) is 3.91. The Balaban J connectivity index is 1.61. The molecule has 4 rings (SSSR count). The number of thioether (sulfide) groups is 1. The molecule has 2 aliphatic heterocycles. The van der Waals surface area contributed by atoms with Gasteiger partial charge in [-0.15, -0.1) is 11.8 Å². The number of carbonyl (C=O) groups excluding carboxylic acids is 2. The van der Waals surface area contributed by atoms with Gasteiger partial charge in [0.05, 0.1) is 10.9 Å². The van der Waals surface area contributed by atoms with Gasteiger partial charge in [-0.3, -0.25) is 9.59 Å². The monoisotopic (exact) mass is 384 g/mol. The summed E-state index contributed by atoms with van der Waals surface area (Å²) in [5.74, 6) is 0.154. The third-order valence-electron chi connectivity index (χ3n) is 5.37. The van der Waals surface area contributed by atoms with Crippen molar-refractivity contribution in [2.24, 2.45) is 0 Å². The molecule has 0 spiro atoms. The van der Waals surface area contributed by atoms with Crippen LogP contribution in [-0.4, -0.2) is 33.4 Å². The minimum atomic E-state index is -0.471. The molecule has 3 unspecified atom stereocenters. The second kappa shape index (κ2) is 7.00. The van der Waals surface area contributed by atoms with Crippen LogP contribution in [0, 0.1) is 5.82 Å². The standard InChI is InChI=1S/C21H21FN2O2S/c1-21-12-11-18(25)24(21)17(13-27-21)20(26)23-19(14-5-3-2-4-6-14)15-7-9-16(22)10-8-15/h2-10,17,19H,11-13H2,1H3,(H,23,26). The molecular formula is C21H21FN2O2S. The number of benzene rings is 2. The van der Waals surface area contributed by atoms with E-state index in [1.807, 2.05) is 37.3 Å². The van der Waals surface area contributed by atoms with Crippen molar-refractivity contribution in [3.05, 3.63) is 71.5 Å². The molecule has 140 valence electrons. The zero-order valence-electron chi connectivity index (χ0n) is 15.0. The van der Waals surface area contributed by atoms with Gasteiger partial charge in [-0.2, -0.15) is 0 Å². The summed E-state index contributed by atoms with van der Waals surface area (Å²) < 4.78 is 13.4. The molecule has 0 radical (unpaired) electrons. The normalized spacial score (nSPS) is 25.3. The van der Waals surface area contributed by atoms with E-state index in [4.69, 9.17) is 0 Å². The van der Waals surface area contributed by atoms with Crippen molar-refractivity contribution >= 4 is 23.6 Å². The van der Waals surface area contributed by atoms with Gasteiger partial charge in [0.25, 0.3) is 0 Å². The van der Waals surface area contributed by atoms with Crippen LogP contribution in [0.3, 0.4) is 0 Å². The Hall–Kier alpha value is -2.34. The van der Waals surface area contributed by atoms with Crippen LogP contribution >= 0.6 is 11.8 Å². The second-order valence-electron chi connectivity index (χ2n) is 7.17. The van der Waals surface area contributed by atoms with Gasteiger partial charge >= 0.3 is 0 Å². The van der Waals surface area contributed by atoms with Crippen molar-refractivity contribution in [3.8, 4) is 0 Å². The molecule has 0 aliphatic carbocycles.